The third-order valence-corrected chi connectivity index (χ3v) is 3.71. The van der Waals surface area contributed by atoms with Crippen LogP contribution in [0.15, 0.2) is 18.6 Å². The molecule has 0 amide bonds. The lowest BCUT2D eigenvalue weighted by Gasteiger charge is -2.11. The number of nitrogens with two attached hydrogens (primary N) is 1. The topological polar surface area (TPSA) is 56.7 Å². The zero-order valence-corrected chi connectivity index (χ0v) is 9.66. The molecule has 80 valence electrons. The van der Waals surface area contributed by atoms with Gasteiger partial charge in [-0.05, 0) is 13.3 Å². The second kappa shape index (κ2) is 4.02. The predicted octanol–water partition coefficient (Wildman–Crippen LogP) is 2.09. The highest BCUT2D eigenvalue weighted by atomic mass is 32.1. The Morgan fingerprint density at radius 3 is 2.87 bits per heavy atom. The molecule has 15 heavy (non-hydrogen) atoms. The molecule has 2 heterocycles. The van der Waals surface area contributed by atoms with Gasteiger partial charge in [0, 0.05) is 23.5 Å². The van der Waals surface area contributed by atoms with Crippen LogP contribution in [0.3, 0.4) is 0 Å². The van der Waals surface area contributed by atoms with Crippen molar-refractivity contribution in [1.29, 1.82) is 0 Å². The molecule has 4 nitrogen and oxygen atoms in total. The molecule has 0 aliphatic rings. The molecule has 0 aliphatic carbocycles. The highest BCUT2D eigenvalue weighted by molar-refractivity contribution is 7.11. The quantitative estimate of drug-likeness (QED) is 0.865. The maximum atomic E-state index is 5.75. The van der Waals surface area contributed by atoms with E-state index < -0.39 is 0 Å². The highest BCUT2D eigenvalue weighted by Gasteiger charge is 2.13. The molecule has 1 atom stereocenters. The van der Waals surface area contributed by atoms with E-state index in [-0.39, 0.29) is 6.04 Å². The minimum atomic E-state index is 0.165. The lowest BCUT2D eigenvalue weighted by atomic mass is 10.3. The Kier molecular flexibility index (Phi) is 2.73. The normalized spacial score (nSPS) is 12.9. The standard InChI is InChI=1S/C10H14N4S/c1-3-8-6-13-9(15-8)7(2)14-5-4-12-10(14)11/h4-7H,3H2,1-2H3,(H2,11,12). The van der Waals surface area contributed by atoms with Crippen LogP contribution in [-0.4, -0.2) is 14.5 Å². The molecule has 2 aromatic rings. The number of aromatic nitrogens is 3. The summed E-state index contributed by atoms with van der Waals surface area (Å²) in [6, 6.07) is 0.165. The minimum Gasteiger partial charge on any atom is -0.369 e. The van der Waals surface area contributed by atoms with E-state index in [0.29, 0.717) is 5.95 Å². The minimum absolute atomic E-state index is 0.165. The third-order valence-electron chi connectivity index (χ3n) is 2.39. The second-order valence-electron chi connectivity index (χ2n) is 3.39. The maximum Gasteiger partial charge on any atom is 0.200 e. The molecule has 0 aliphatic heterocycles. The molecule has 0 saturated heterocycles. The van der Waals surface area contributed by atoms with Crippen LogP contribution in [0.25, 0.3) is 0 Å². The van der Waals surface area contributed by atoms with Gasteiger partial charge in [0.2, 0.25) is 5.95 Å². The lowest BCUT2D eigenvalue weighted by molar-refractivity contribution is 0.644. The van der Waals surface area contributed by atoms with E-state index in [1.807, 2.05) is 17.0 Å². The van der Waals surface area contributed by atoms with Crippen LogP contribution in [0.2, 0.25) is 0 Å². The Morgan fingerprint density at radius 1 is 1.53 bits per heavy atom. The zero-order valence-electron chi connectivity index (χ0n) is 8.84. The molecule has 2 aromatic heterocycles. The highest BCUT2D eigenvalue weighted by Crippen LogP contribution is 2.24. The summed E-state index contributed by atoms with van der Waals surface area (Å²) in [5.74, 6) is 0.538. The smallest absolute Gasteiger partial charge is 0.200 e. The van der Waals surface area contributed by atoms with Crippen molar-refractivity contribution in [2.45, 2.75) is 26.3 Å². The van der Waals surface area contributed by atoms with Gasteiger partial charge in [-0.2, -0.15) is 0 Å². The molecule has 0 fully saturated rings. The summed E-state index contributed by atoms with van der Waals surface area (Å²) in [5.41, 5.74) is 5.75. The first-order chi connectivity index (χ1) is 7.22. The molecule has 0 radical (unpaired) electrons. The van der Waals surface area contributed by atoms with Gasteiger partial charge in [-0.25, -0.2) is 9.97 Å². The summed E-state index contributed by atoms with van der Waals surface area (Å²) in [6.07, 6.45) is 6.56. The molecular weight excluding hydrogens is 208 g/mol. The van der Waals surface area contributed by atoms with Crippen molar-refractivity contribution in [3.8, 4) is 0 Å². The number of hydrogen-bond acceptors (Lipinski definition) is 4. The number of anilines is 1. The number of thiazole rings is 1. The zero-order chi connectivity index (χ0) is 10.8. The van der Waals surface area contributed by atoms with Crippen molar-refractivity contribution in [2.75, 3.05) is 5.73 Å². The summed E-state index contributed by atoms with van der Waals surface area (Å²) < 4.78 is 1.93. The summed E-state index contributed by atoms with van der Waals surface area (Å²) >= 11 is 1.73. The van der Waals surface area contributed by atoms with Gasteiger partial charge in [-0.3, -0.25) is 0 Å². The Labute approximate surface area is 92.8 Å². The van der Waals surface area contributed by atoms with E-state index >= 15 is 0 Å². The van der Waals surface area contributed by atoms with Gasteiger partial charge in [0.05, 0.1) is 6.04 Å². The Balaban J connectivity index is 2.28. The van der Waals surface area contributed by atoms with Crippen LogP contribution in [0.1, 0.15) is 29.8 Å². The largest absolute Gasteiger partial charge is 0.369 e. The van der Waals surface area contributed by atoms with Gasteiger partial charge < -0.3 is 10.3 Å². The van der Waals surface area contributed by atoms with E-state index in [1.165, 1.54) is 4.88 Å². The number of rotatable bonds is 3. The van der Waals surface area contributed by atoms with Crippen LogP contribution in [0.4, 0.5) is 5.95 Å². The van der Waals surface area contributed by atoms with Gasteiger partial charge in [-0.15, -0.1) is 11.3 Å². The van der Waals surface area contributed by atoms with Crippen molar-refractivity contribution in [3.05, 3.63) is 28.5 Å². The third kappa shape index (κ3) is 1.87. The maximum absolute atomic E-state index is 5.75. The van der Waals surface area contributed by atoms with Crippen molar-refractivity contribution in [3.63, 3.8) is 0 Å². The van der Waals surface area contributed by atoms with Gasteiger partial charge in [0.25, 0.3) is 0 Å². The average Bonchev–Trinajstić information content (AvgIpc) is 2.84. The van der Waals surface area contributed by atoms with Crippen molar-refractivity contribution in [2.24, 2.45) is 0 Å². The average molecular weight is 222 g/mol. The van der Waals surface area contributed by atoms with E-state index in [1.54, 1.807) is 17.5 Å². The first kappa shape index (κ1) is 10.2. The summed E-state index contributed by atoms with van der Waals surface area (Å²) in [4.78, 5) is 9.71. The van der Waals surface area contributed by atoms with Crippen molar-refractivity contribution < 1.29 is 0 Å². The van der Waals surface area contributed by atoms with Crippen LogP contribution < -0.4 is 5.73 Å². The molecule has 5 heteroatoms. The van der Waals surface area contributed by atoms with E-state index in [0.717, 1.165) is 11.4 Å². The van der Waals surface area contributed by atoms with E-state index in [2.05, 4.69) is 23.8 Å². The number of hydrogen-bond donors (Lipinski definition) is 1. The molecule has 0 aromatic carbocycles. The van der Waals surface area contributed by atoms with Crippen LogP contribution in [0.5, 0.6) is 0 Å². The fourth-order valence-corrected chi connectivity index (χ4v) is 2.36. The number of nitrogens with zero attached hydrogens (tertiary/aromatic N) is 3. The van der Waals surface area contributed by atoms with Crippen LogP contribution in [0, 0.1) is 0 Å². The molecule has 2 rings (SSSR count). The number of imidazole rings is 1. The van der Waals surface area contributed by atoms with Crippen molar-refractivity contribution >= 4 is 17.3 Å². The van der Waals surface area contributed by atoms with E-state index in [4.69, 9.17) is 5.73 Å². The SMILES string of the molecule is CCc1cnc(C(C)n2ccnc2N)s1. The molecule has 2 N–H and O–H groups in total. The summed E-state index contributed by atoms with van der Waals surface area (Å²) in [7, 11) is 0. The Morgan fingerprint density at radius 2 is 2.33 bits per heavy atom. The summed E-state index contributed by atoms with van der Waals surface area (Å²) in [6.45, 7) is 4.21. The van der Waals surface area contributed by atoms with Gasteiger partial charge in [-0.1, -0.05) is 6.92 Å². The monoisotopic (exact) mass is 222 g/mol. The predicted molar refractivity (Wildman–Crippen MR) is 61.9 cm³/mol. The molecule has 0 bridgehead atoms. The number of aryl methyl sites for hydroxylation is 1. The molecule has 0 saturated carbocycles. The molecule has 0 spiro atoms. The fourth-order valence-electron chi connectivity index (χ4n) is 1.45. The fraction of sp³-hybridized carbons (Fsp3) is 0.400. The molecule has 1 unspecified atom stereocenters. The molecular formula is C10H14N4S. The first-order valence-electron chi connectivity index (χ1n) is 4.95. The second-order valence-corrected chi connectivity index (χ2v) is 4.53. The number of nitrogen functional groups attached to an aromatic ring is 1. The Bertz CT molecular complexity index is 446. The van der Waals surface area contributed by atoms with Gasteiger partial charge >= 0.3 is 0 Å². The lowest BCUT2D eigenvalue weighted by Crippen LogP contribution is -2.08. The Hall–Kier alpha value is -1.36. The van der Waals surface area contributed by atoms with Gasteiger partial charge in [0.1, 0.15) is 5.01 Å². The summed E-state index contributed by atoms with van der Waals surface area (Å²) in [5, 5.41) is 1.08. The first-order valence-corrected chi connectivity index (χ1v) is 5.77. The van der Waals surface area contributed by atoms with Gasteiger partial charge in [0.15, 0.2) is 0 Å². The van der Waals surface area contributed by atoms with Crippen LogP contribution in [-0.2, 0) is 6.42 Å². The van der Waals surface area contributed by atoms with E-state index in [9.17, 15) is 0 Å². The van der Waals surface area contributed by atoms with Crippen LogP contribution >= 0.6 is 11.3 Å². The van der Waals surface area contributed by atoms with Crippen molar-refractivity contribution in [1.82, 2.24) is 14.5 Å².